The van der Waals surface area contributed by atoms with Crippen LogP contribution >= 0.6 is 0 Å². The summed E-state index contributed by atoms with van der Waals surface area (Å²) in [4.78, 5) is 0. The second kappa shape index (κ2) is 9.55. The standard InChI is InChI=1S/C42H37NSi/c1-27-25-36-30(28-13-5-4-6-14-28)17-11-18-33(36)41(27)44(2,3)42-34-19-12-22-40(37(34)26-35(42)29-23-24-29)43-38-20-9-7-15-31(38)32-16-8-10-21-39(32)43/h4-22,25-26,29,41-42H,23-24H2,1-3H3. The summed E-state index contributed by atoms with van der Waals surface area (Å²) in [7, 11) is -1.97. The molecule has 1 saturated carbocycles. The van der Waals surface area contributed by atoms with Crippen molar-refractivity contribution in [2.75, 3.05) is 0 Å². The van der Waals surface area contributed by atoms with E-state index in [0.717, 1.165) is 5.92 Å². The molecule has 3 aliphatic rings. The van der Waals surface area contributed by atoms with Crippen LogP contribution in [0.25, 0.3) is 50.8 Å². The highest BCUT2D eigenvalue weighted by Crippen LogP contribution is 2.58. The molecule has 1 aromatic heterocycles. The minimum absolute atomic E-state index is 0.496. The average Bonchev–Trinajstić information content (AvgIpc) is 3.60. The van der Waals surface area contributed by atoms with Crippen LogP contribution in [0.1, 0.15) is 53.1 Å². The minimum Gasteiger partial charge on any atom is -0.309 e. The van der Waals surface area contributed by atoms with Gasteiger partial charge in [-0.2, -0.15) is 0 Å². The van der Waals surface area contributed by atoms with Crippen LogP contribution in [0.4, 0.5) is 0 Å². The third-order valence-electron chi connectivity index (χ3n) is 10.8. The molecule has 2 unspecified atom stereocenters. The summed E-state index contributed by atoms with van der Waals surface area (Å²) in [5.74, 6) is 0.728. The molecule has 1 heterocycles. The molecule has 0 spiro atoms. The number of allylic oxidation sites excluding steroid dienone is 2. The van der Waals surface area contributed by atoms with Crippen LogP contribution in [-0.2, 0) is 0 Å². The van der Waals surface area contributed by atoms with E-state index in [1.807, 2.05) is 0 Å². The number of nitrogens with zero attached hydrogens (tertiary/aromatic N) is 1. The van der Waals surface area contributed by atoms with E-state index in [1.54, 1.807) is 22.3 Å². The third kappa shape index (κ3) is 3.70. The molecule has 0 saturated heterocycles. The Bertz CT molecular complexity index is 2120. The van der Waals surface area contributed by atoms with Gasteiger partial charge in [0.1, 0.15) is 0 Å². The fourth-order valence-electron chi connectivity index (χ4n) is 8.96. The van der Waals surface area contributed by atoms with Crippen LogP contribution in [0, 0.1) is 5.92 Å². The molecule has 6 aromatic rings. The van der Waals surface area contributed by atoms with Crippen molar-refractivity contribution in [3.63, 3.8) is 0 Å². The third-order valence-corrected chi connectivity index (χ3v) is 15.2. The number of benzene rings is 5. The lowest BCUT2D eigenvalue weighted by molar-refractivity contribution is 0.882. The Morgan fingerprint density at radius 1 is 0.591 bits per heavy atom. The van der Waals surface area contributed by atoms with E-state index in [4.69, 9.17) is 0 Å². The predicted molar refractivity (Wildman–Crippen MR) is 190 cm³/mol. The molecule has 3 aliphatic carbocycles. The lowest BCUT2D eigenvalue weighted by atomic mass is 9.97. The Kier molecular flexibility index (Phi) is 5.65. The van der Waals surface area contributed by atoms with Gasteiger partial charge in [0.25, 0.3) is 0 Å². The topological polar surface area (TPSA) is 4.93 Å². The second-order valence-corrected chi connectivity index (χ2v) is 18.6. The summed E-state index contributed by atoms with van der Waals surface area (Å²) in [5, 5.41) is 2.66. The molecule has 44 heavy (non-hydrogen) atoms. The lowest BCUT2D eigenvalue weighted by Gasteiger charge is -2.40. The van der Waals surface area contributed by atoms with Gasteiger partial charge in [-0.1, -0.05) is 133 Å². The van der Waals surface area contributed by atoms with E-state index >= 15 is 0 Å². The van der Waals surface area contributed by atoms with Crippen LogP contribution in [0.15, 0.2) is 126 Å². The molecule has 0 aliphatic heterocycles. The van der Waals surface area contributed by atoms with Crippen LogP contribution < -0.4 is 0 Å². The molecule has 214 valence electrons. The first kappa shape index (κ1) is 26.0. The summed E-state index contributed by atoms with van der Waals surface area (Å²) in [6.45, 7) is 7.77. The molecule has 0 N–H and O–H groups in total. The summed E-state index contributed by atoms with van der Waals surface area (Å²) in [6.07, 6.45) is 7.82. The van der Waals surface area contributed by atoms with Crippen LogP contribution in [-0.4, -0.2) is 12.6 Å². The highest BCUT2D eigenvalue weighted by Gasteiger charge is 2.50. The van der Waals surface area contributed by atoms with Gasteiger partial charge in [-0.3, -0.25) is 0 Å². The van der Waals surface area contributed by atoms with Gasteiger partial charge in [0.05, 0.1) is 24.8 Å². The van der Waals surface area contributed by atoms with Gasteiger partial charge >= 0.3 is 0 Å². The van der Waals surface area contributed by atoms with E-state index < -0.39 is 8.07 Å². The zero-order valence-corrected chi connectivity index (χ0v) is 26.7. The van der Waals surface area contributed by atoms with E-state index in [-0.39, 0.29) is 0 Å². The predicted octanol–water partition coefficient (Wildman–Crippen LogP) is 11.3. The van der Waals surface area contributed by atoms with Gasteiger partial charge in [-0.25, -0.2) is 0 Å². The second-order valence-electron chi connectivity index (χ2n) is 13.8. The summed E-state index contributed by atoms with van der Waals surface area (Å²) < 4.78 is 2.53. The maximum atomic E-state index is 2.68. The smallest absolute Gasteiger partial charge is 0.0722 e. The fourth-order valence-corrected chi connectivity index (χ4v) is 13.8. The van der Waals surface area contributed by atoms with Crippen molar-refractivity contribution in [1.82, 2.24) is 4.57 Å². The Hall–Kier alpha value is -4.40. The molecule has 0 bridgehead atoms. The van der Waals surface area contributed by atoms with E-state index in [0.29, 0.717) is 11.1 Å². The van der Waals surface area contributed by atoms with Crippen LogP contribution in [0.3, 0.4) is 0 Å². The Balaban J connectivity index is 1.22. The quantitative estimate of drug-likeness (QED) is 0.178. The number of para-hydroxylation sites is 2. The van der Waals surface area contributed by atoms with Gasteiger partial charge in [0.15, 0.2) is 0 Å². The van der Waals surface area contributed by atoms with E-state index in [1.165, 1.54) is 62.6 Å². The van der Waals surface area contributed by atoms with Crippen molar-refractivity contribution >= 4 is 42.0 Å². The number of rotatable bonds is 5. The number of fused-ring (bicyclic) bond motifs is 5. The van der Waals surface area contributed by atoms with E-state index in [9.17, 15) is 0 Å². The molecule has 5 aromatic carbocycles. The van der Waals surface area contributed by atoms with Crippen molar-refractivity contribution in [2.45, 2.75) is 43.9 Å². The van der Waals surface area contributed by atoms with Gasteiger partial charge in [-0.05, 0) is 71.7 Å². The Morgan fingerprint density at radius 2 is 1.20 bits per heavy atom. The fraction of sp³-hybridized carbons (Fsp3) is 0.190. The summed E-state index contributed by atoms with van der Waals surface area (Å²) >= 11 is 0. The van der Waals surface area contributed by atoms with Crippen molar-refractivity contribution in [2.24, 2.45) is 5.92 Å². The molecule has 1 fully saturated rings. The first-order chi connectivity index (χ1) is 21.5. The zero-order chi connectivity index (χ0) is 29.6. The maximum Gasteiger partial charge on any atom is 0.0722 e. The van der Waals surface area contributed by atoms with Gasteiger partial charge in [-0.15, -0.1) is 0 Å². The van der Waals surface area contributed by atoms with Crippen molar-refractivity contribution in [3.05, 3.63) is 149 Å². The zero-order valence-electron chi connectivity index (χ0n) is 25.7. The largest absolute Gasteiger partial charge is 0.309 e. The first-order valence-corrected chi connectivity index (χ1v) is 19.4. The Morgan fingerprint density at radius 3 is 1.89 bits per heavy atom. The highest BCUT2D eigenvalue weighted by atomic mass is 28.3. The molecule has 2 atom stereocenters. The number of hydrogen-bond acceptors (Lipinski definition) is 0. The molecule has 0 amide bonds. The van der Waals surface area contributed by atoms with Gasteiger partial charge < -0.3 is 4.57 Å². The minimum atomic E-state index is -1.97. The lowest BCUT2D eigenvalue weighted by Crippen LogP contribution is -2.43. The van der Waals surface area contributed by atoms with Crippen LogP contribution in [0.2, 0.25) is 13.1 Å². The average molecular weight is 584 g/mol. The Labute approximate surface area is 261 Å². The number of hydrogen-bond donors (Lipinski definition) is 0. The molecular weight excluding hydrogens is 547 g/mol. The molecule has 1 nitrogen and oxygen atoms in total. The highest BCUT2D eigenvalue weighted by molar-refractivity contribution is 6.81. The molecule has 9 rings (SSSR count). The van der Waals surface area contributed by atoms with Gasteiger partial charge in [0.2, 0.25) is 0 Å². The van der Waals surface area contributed by atoms with Crippen molar-refractivity contribution in [1.29, 1.82) is 0 Å². The van der Waals surface area contributed by atoms with Crippen LogP contribution in [0.5, 0.6) is 0 Å². The molecule has 0 radical (unpaired) electrons. The van der Waals surface area contributed by atoms with Crippen molar-refractivity contribution in [3.8, 4) is 16.8 Å². The molecule has 2 heteroatoms. The number of aromatic nitrogens is 1. The normalized spacial score (nSPS) is 19.2. The van der Waals surface area contributed by atoms with E-state index in [2.05, 4.69) is 152 Å². The first-order valence-electron chi connectivity index (χ1n) is 16.2. The summed E-state index contributed by atoms with van der Waals surface area (Å²) in [5.41, 5.74) is 16.9. The molecular formula is C42H37NSi. The monoisotopic (exact) mass is 583 g/mol. The van der Waals surface area contributed by atoms with Gasteiger partial charge in [0, 0.05) is 27.4 Å². The maximum absolute atomic E-state index is 2.68. The SMILES string of the molecule is CC1=Cc2c(-c3ccccc3)cccc2C1[Si](C)(C)C1C(C2CC2)=Cc2c1cccc2-n1c2ccccc2c2ccccc21. The summed E-state index contributed by atoms with van der Waals surface area (Å²) in [6, 6.07) is 43.0. The van der Waals surface area contributed by atoms with Crippen molar-refractivity contribution < 1.29 is 0 Å².